The van der Waals surface area contributed by atoms with Gasteiger partial charge < -0.3 is 0 Å². The number of hydrogen-bond donors (Lipinski definition) is 1. The van der Waals surface area contributed by atoms with Gasteiger partial charge in [-0.3, -0.25) is 4.79 Å². The van der Waals surface area contributed by atoms with Crippen molar-refractivity contribution in [3.63, 3.8) is 0 Å². The van der Waals surface area contributed by atoms with Gasteiger partial charge in [0.1, 0.15) is 0 Å². The lowest BCUT2D eigenvalue weighted by atomic mass is 10.6. The van der Waals surface area contributed by atoms with Crippen LogP contribution in [0, 0.1) is 0 Å². The maximum absolute atomic E-state index is 10.9. The van der Waals surface area contributed by atoms with Crippen LogP contribution >= 0.6 is 24.4 Å². The molecule has 0 aliphatic rings. The molecule has 0 aliphatic heterocycles. The highest BCUT2D eigenvalue weighted by atomic mass is 32.2. The molecule has 0 aromatic carbocycles. The summed E-state index contributed by atoms with van der Waals surface area (Å²) in [4.78, 5) is 11.6. The third kappa shape index (κ3) is 6.23. The summed E-state index contributed by atoms with van der Waals surface area (Å²) >= 11 is 5.33. The van der Waals surface area contributed by atoms with Crippen molar-refractivity contribution in [3.05, 3.63) is 11.0 Å². The van der Waals surface area contributed by atoms with Crippen LogP contribution in [0.4, 0.5) is 0 Å². The lowest BCUT2D eigenvalue weighted by molar-refractivity contribution is -0.107. The number of thiol groups is 1. The van der Waals surface area contributed by atoms with Crippen LogP contribution in [0.5, 0.6) is 0 Å². The average Bonchev–Trinajstić information content (AvgIpc) is 1.82. The zero-order chi connectivity index (χ0) is 7.98. The third-order valence-corrected chi connectivity index (χ3v) is 1.92. The highest BCUT2D eigenvalue weighted by Crippen LogP contribution is 2.07. The van der Waals surface area contributed by atoms with Gasteiger partial charge in [-0.25, -0.2) is 0 Å². The van der Waals surface area contributed by atoms with Gasteiger partial charge in [0.25, 0.3) is 0 Å². The van der Waals surface area contributed by atoms with Crippen LogP contribution in [0.25, 0.3) is 0 Å². The summed E-state index contributed by atoms with van der Waals surface area (Å²) in [5, 5.41) is 0.106. The number of hydrogen-bond acceptors (Lipinski definition) is 3. The first kappa shape index (κ1) is 10.1. The quantitative estimate of drug-likeness (QED) is 0.525. The molecule has 1 nitrogen and oxygen atoms in total. The van der Waals surface area contributed by atoms with E-state index in [-0.39, 0.29) is 5.12 Å². The minimum absolute atomic E-state index is 0.106. The summed E-state index contributed by atoms with van der Waals surface area (Å²) in [6, 6.07) is 0. The number of allylic oxidation sites excluding steroid dienone is 1. The van der Waals surface area contributed by atoms with Crippen LogP contribution in [-0.4, -0.2) is 10.9 Å². The van der Waals surface area contributed by atoms with E-state index >= 15 is 0 Å². The Hall–Kier alpha value is 0.110. The number of rotatable bonds is 3. The summed E-state index contributed by atoms with van der Waals surface area (Å²) in [5.74, 6) is 0.899. The van der Waals surface area contributed by atoms with E-state index in [1.807, 2.05) is 0 Å². The average molecular weight is 176 g/mol. The Labute approximate surface area is 71.7 Å². The standard InChI is InChI=1S/C7H12OS2/c1-3-4-10-7(8)5-6(2)9/h5,9H,3-4H2,1-2H3/b6-5-. The van der Waals surface area contributed by atoms with E-state index < -0.39 is 0 Å². The van der Waals surface area contributed by atoms with Crippen LogP contribution in [0.2, 0.25) is 0 Å². The molecule has 3 heteroatoms. The molecule has 0 bridgehead atoms. The second-order valence-electron chi connectivity index (χ2n) is 1.95. The zero-order valence-corrected chi connectivity index (χ0v) is 7.97. The van der Waals surface area contributed by atoms with Gasteiger partial charge in [0.15, 0.2) is 0 Å². The SMILES string of the molecule is CCCSC(=O)/C=C(/C)S. The molecule has 0 fully saturated rings. The van der Waals surface area contributed by atoms with Crippen LogP contribution in [-0.2, 0) is 4.79 Å². The predicted molar refractivity (Wildman–Crippen MR) is 50.5 cm³/mol. The van der Waals surface area contributed by atoms with Gasteiger partial charge in [-0.15, -0.1) is 12.6 Å². The fraction of sp³-hybridized carbons (Fsp3) is 0.571. The molecule has 58 valence electrons. The van der Waals surface area contributed by atoms with Crippen molar-refractivity contribution in [1.29, 1.82) is 0 Å². The van der Waals surface area contributed by atoms with E-state index in [2.05, 4.69) is 19.6 Å². The Bertz CT molecular complexity index is 137. The third-order valence-electron chi connectivity index (χ3n) is 0.775. The van der Waals surface area contributed by atoms with Crippen LogP contribution in [0.1, 0.15) is 20.3 Å². The molecular formula is C7H12OS2. The Morgan fingerprint density at radius 3 is 2.70 bits per heavy atom. The van der Waals surface area contributed by atoms with Crippen molar-refractivity contribution in [2.24, 2.45) is 0 Å². The van der Waals surface area contributed by atoms with Gasteiger partial charge in [0.05, 0.1) is 0 Å². The van der Waals surface area contributed by atoms with Crippen molar-refractivity contribution in [2.45, 2.75) is 20.3 Å². The fourth-order valence-electron chi connectivity index (χ4n) is 0.415. The first-order valence-corrected chi connectivity index (χ1v) is 4.64. The molecule has 0 aliphatic carbocycles. The first-order chi connectivity index (χ1) is 4.66. The molecular weight excluding hydrogens is 164 g/mol. The molecule has 0 radical (unpaired) electrons. The van der Waals surface area contributed by atoms with Crippen molar-refractivity contribution >= 4 is 29.5 Å². The second-order valence-corrected chi connectivity index (χ2v) is 3.76. The zero-order valence-electron chi connectivity index (χ0n) is 6.26. The van der Waals surface area contributed by atoms with Gasteiger partial charge in [-0.05, 0) is 18.2 Å². The molecule has 0 heterocycles. The Morgan fingerprint density at radius 2 is 2.30 bits per heavy atom. The van der Waals surface area contributed by atoms with E-state index in [0.717, 1.165) is 17.1 Å². The molecule has 0 rings (SSSR count). The van der Waals surface area contributed by atoms with Crippen LogP contribution in [0.15, 0.2) is 11.0 Å². The second kappa shape index (κ2) is 5.86. The summed E-state index contributed by atoms with van der Waals surface area (Å²) in [6.45, 7) is 3.85. The van der Waals surface area contributed by atoms with E-state index in [4.69, 9.17) is 0 Å². The molecule has 10 heavy (non-hydrogen) atoms. The molecule has 0 amide bonds. The highest BCUT2D eigenvalue weighted by Gasteiger charge is 1.95. The Balaban J connectivity index is 3.54. The van der Waals surface area contributed by atoms with Gasteiger partial charge >= 0.3 is 0 Å². The van der Waals surface area contributed by atoms with Crippen molar-refractivity contribution in [3.8, 4) is 0 Å². The monoisotopic (exact) mass is 176 g/mol. The Kier molecular flexibility index (Phi) is 5.93. The minimum Gasteiger partial charge on any atom is -0.282 e. The lowest BCUT2D eigenvalue weighted by Gasteiger charge is -1.91. The molecule has 0 aromatic rings. The van der Waals surface area contributed by atoms with E-state index in [1.165, 1.54) is 11.8 Å². The smallest absolute Gasteiger partial charge is 0.212 e. The molecule has 0 saturated heterocycles. The molecule has 0 N–H and O–H groups in total. The molecule has 0 unspecified atom stereocenters. The fourth-order valence-corrected chi connectivity index (χ4v) is 1.28. The molecule has 0 aromatic heterocycles. The predicted octanol–water partition coefficient (Wildman–Crippen LogP) is 2.49. The normalized spacial score (nSPS) is 11.7. The maximum Gasteiger partial charge on any atom is 0.212 e. The lowest BCUT2D eigenvalue weighted by Crippen LogP contribution is -1.86. The van der Waals surface area contributed by atoms with Crippen molar-refractivity contribution < 1.29 is 4.79 Å². The highest BCUT2D eigenvalue weighted by molar-refractivity contribution is 8.14. The first-order valence-electron chi connectivity index (χ1n) is 3.20. The van der Waals surface area contributed by atoms with Crippen molar-refractivity contribution in [2.75, 3.05) is 5.75 Å². The summed E-state index contributed by atoms with van der Waals surface area (Å²) < 4.78 is 0. The molecule has 0 atom stereocenters. The van der Waals surface area contributed by atoms with Crippen LogP contribution in [0.3, 0.4) is 0 Å². The number of carbonyl (C=O) groups is 1. The minimum atomic E-state index is 0.106. The van der Waals surface area contributed by atoms with Gasteiger partial charge in [-0.2, -0.15) is 0 Å². The number of carbonyl (C=O) groups excluding carboxylic acids is 1. The van der Waals surface area contributed by atoms with Gasteiger partial charge in [0.2, 0.25) is 5.12 Å². The summed E-state index contributed by atoms with van der Waals surface area (Å²) in [5.41, 5.74) is 0. The van der Waals surface area contributed by atoms with Crippen molar-refractivity contribution in [1.82, 2.24) is 0 Å². The van der Waals surface area contributed by atoms with E-state index in [1.54, 1.807) is 13.0 Å². The molecule has 0 spiro atoms. The summed E-state index contributed by atoms with van der Waals surface area (Å²) in [7, 11) is 0. The van der Waals surface area contributed by atoms with Gasteiger partial charge in [-0.1, -0.05) is 18.7 Å². The maximum atomic E-state index is 10.9. The van der Waals surface area contributed by atoms with Gasteiger partial charge in [0, 0.05) is 11.8 Å². The van der Waals surface area contributed by atoms with E-state index in [9.17, 15) is 4.79 Å². The summed E-state index contributed by atoms with van der Waals surface area (Å²) in [6.07, 6.45) is 2.58. The largest absolute Gasteiger partial charge is 0.282 e. The van der Waals surface area contributed by atoms with Crippen LogP contribution < -0.4 is 0 Å². The Morgan fingerprint density at radius 1 is 1.70 bits per heavy atom. The molecule has 0 saturated carbocycles. The topological polar surface area (TPSA) is 17.1 Å². The van der Waals surface area contributed by atoms with E-state index in [0.29, 0.717) is 0 Å². The number of thioether (sulfide) groups is 1.